The van der Waals surface area contributed by atoms with Gasteiger partial charge in [-0.25, -0.2) is 0 Å². The predicted octanol–water partition coefficient (Wildman–Crippen LogP) is 1.98. The Bertz CT molecular complexity index is 267. The van der Waals surface area contributed by atoms with E-state index in [-0.39, 0.29) is 13.1 Å². The summed E-state index contributed by atoms with van der Waals surface area (Å²) in [5.74, 6) is 0. The molecule has 0 saturated heterocycles. The fourth-order valence-electron chi connectivity index (χ4n) is 1.12. The Labute approximate surface area is 145 Å². The van der Waals surface area contributed by atoms with Crippen molar-refractivity contribution in [2.45, 2.75) is 0 Å². The van der Waals surface area contributed by atoms with Crippen molar-refractivity contribution in [3.63, 3.8) is 0 Å². The van der Waals surface area contributed by atoms with E-state index < -0.39 is 0 Å². The maximum absolute atomic E-state index is 5.12. The molecule has 0 aromatic rings. The van der Waals surface area contributed by atoms with E-state index in [9.17, 15) is 0 Å². The first kappa shape index (κ1) is 19.7. The summed E-state index contributed by atoms with van der Waals surface area (Å²) in [6.45, 7) is 3.31. The van der Waals surface area contributed by atoms with Crippen LogP contribution in [0.5, 0.6) is 0 Å². The minimum atomic E-state index is 0.223. The first-order valence-corrected chi connectivity index (χ1v) is 7.78. The molecule has 19 heavy (non-hydrogen) atoms. The molecule has 0 spiro atoms. The monoisotopic (exact) mass is 377 g/mol. The molecule has 0 rings (SSSR count). The van der Waals surface area contributed by atoms with Crippen molar-refractivity contribution in [1.82, 2.24) is 4.90 Å². The third kappa shape index (κ3) is 14.9. The highest BCUT2D eigenvalue weighted by Crippen LogP contribution is 1.96. The SMILES string of the molecule is S=C(S)OCCN(CCOC(=S)S)CCOC(=S)S. The van der Waals surface area contributed by atoms with Crippen molar-refractivity contribution in [1.29, 1.82) is 0 Å². The van der Waals surface area contributed by atoms with Gasteiger partial charge in [-0.05, 0) is 36.7 Å². The molecule has 0 N–H and O–H groups in total. The number of rotatable bonds is 9. The van der Waals surface area contributed by atoms with Crippen LogP contribution in [0, 0.1) is 0 Å². The maximum atomic E-state index is 5.12. The second-order valence-corrected chi connectivity index (χ2v) is 6.42. The molecule has 4 nitrogen and oxygen atoms in total. The van der Waals surface area contributed by atoms with E-state index in [2.05, 4.69) is 42.8 Å². The summed E-state index contributed by atoms with van der Waals surface area (Å²) in [5, 5.41) is 0. The quantitative estimate of drug-likeness (QED) is 0.418. The Morgan fingerprint density at radius 3 is 1.16 bits per heavy atom. The maximum Gasteiger partial charge on any atom is 0.216 e. The van der Waals surface area contributed by atoms with Crippen LogP contribution in [0.15, 0.2) is 0 Å². The third-order valence-electron chi connectivity index (χ3n) is 1.90. The average Bonchev–Trinajstić information content (AvgIpc) is 2.26. The Balaban J connectivity index is 3.94. The molecule has 0 unspecified atom stereocenters. The van der Waals surface area contributed by atoms with E-state index in [4.69, 9.17) is 50.9 Å². The molecule has 0 radical (unpaired) electrons. The second kappa shape index (κ2) is 12.4. The van der Waals surface area contributed by atoms with Crippen LogP contribution >= 0.6 is 74.5 Å². The third-order valence-corrected chi connectivity index (χ3v) is 2.64. The van der Waals surface area contributed by atoms with Crippen LogP contribution in [-0.2, 0) is 14.2 Å². The molecular weight excluding hydrogens is 363 g/mol. The van der Waals surface area contributed by atoms with Crippen LogP contribution in [-0.4, -0.2) is 57.5 Å². The van der Waals surface area contributed by atoms with Crippen LogP contribution in [0.25, 0.3) is 0 Å². The summed E-state index contributed by atoms with van der Waals surface area (Å²) < 4.78 is 16.0. The number of thiocarbonyl (C=S) groups is 3. The van der Waals surface area contributed by atoms with Gasteiger partial charge in [-0.3, -0.25) is 4.90 Å². The molecule has 110 valence electrons. The lowest BCUT2D eigenvalue weighted by molar-refractivity contribution is 0.152. The van der Waals surface area contributed by atoms with Gasteiger partial charge in [-0.1, -0.05) is 37.9 Å². The van der Waals surface area contributed by atoms with Gasteiger partial charge in [-0.2, -0.15) is 0 Å². The van der Waals surface area contributed by atoms with Gasteiger partial charge >= 0.3 is 0 Å². The van der Waals surface area contributed by atoms with E-state index >= 15 is 0 Å². The summed E-state index contributed by atoms with van der Waals surface area (Å²) in [6.07, 6.45) is 0. The van der Waals surface area contributed by atoms with Crippen molar-refractivity contribution < 1.29 is 14.2 Å². The number of thiol groups is 3. The summed E-state index contributed by atoms with van der Waals surface area (Å²) in [7, 11) is 0. The van der Waals surface area contributed by atoms with Crippen LogP contribution in [0.2, 0.25) is 0 Å². The predicted molar refractivity (Wildman–Crippen MR) is 99.0 cm³/mol. The molecule has 0 aromatic heterocycles. The van der Waals surface area contributed by atoms with Crippen molar-refractivity contribution in [3.05, 3.63) is 0 Å². The van der Waals surface area contributed by atoms with Gasteiger partial charge < -0.3 is 14.2 Å². The zero-order valence-electron chi connectivity index (χ0n) is 9.98. The second-order valence-electron chi connectivity index (χ2n) is 3.18. The van der Waals surface area contributed by atoms with Gasteiger partial charge in [0.1, 0.15) is 19.8 Å². The summed E-state index contributed by atoms with van der Waals surface area (Å²) in [5.41, 5.74) is 0. The van der Waals surface area contributed by atoms with E-state index in [1.54, 1.807) is 0 Å². The van der Waals surface area contributed by atoms with Crippen molar-refractivity contribution in [3.8, 4) is 0 Å². The van der Waals surface area contributed by atoms with Gasteiger partial charge in [0.15, 0.2) is 0 Å². The molecular formula is C9H15NO3S6. The molecule has 0 aliphatic rings. The fraction of sp³-hybridized carbons (Fsp3) is 0.667. The first-order chi connectivity index (χ1) is 8.91. The van der Waals surface area contributed by atoms with Gasteiger partial charge in [0.2, 0.25) is 13.1 Å². The number of hydrogen-bond acceptors (Lipinski definition) is 7. The molecule has 0 atom stereocenters. The van der Waals surface area contributed by atoms with E-state index in [0.717, 1.165) is 0 Å². The number of hydrogen-bond donors (Lipinski definition) is 3. The van der Waals surface area contributed by atoms with E-state index in [0.29, 0.717) is 39.5 Å². The minimum absolute atomic E-state index is 0.223. The molecule has 0 aliphatic carbocycles. The first-order valence-electron chi connectivity index (χ1n) is 5.21. The summed E-state index contributed by atoms with van der Waals surface area (Å²) in [6, 6.07) is 0. The van der Waals surface area contributed by atoms with Crippen LogP contribution in [0.4, 0.5) is 0 Å². The molecule has 0 bridgehead atoms. The fourth-order valence-corrected chi connectivity index (χ4v) is 1.65. The van der Waals surface area contributed by atoms with Gasteiger partial charge in [0.25, 0.3) is 0 Å². The Hall–Kier alpha value is 0.680. The van der Waals surface area contributed by atoms with Crippen LogP contribution in [0.1, 0.15) is 0 Å². The molecule has 0 aromatic carbocycles. The smallest absolute Gasteiger partial charge is 0.216 e. The summed E-state index contributed by atoms with van der Waals surface area (Å²) >= 11 is 25.8. The molecule has 10 heteroatoms. The lowest BCUT2D eigenvalue weighted by Gasteiger charge is -2.21. The van der Waals surface area contributed by atoms with Crippen LogP contribution in [0.3, 0.4) is 0 Å². The average molecular weight is 378 g/mol. The molecule has 0 amide bonds. The van der Waals surface area contributed by atoms with Gasteiger partial charge in [-0.15, -0.1) is 0 Å². The van der Waals surface area contributed by atoms with Gasteiger partial charge in [0.05, 0.1) is 0 Å². The molecule has 0 heterocycles. The lowest BCUT2D eigenvalue weighted by Crippen LogP contribution is -2.34. The highest BCUT2D eigenvalue weighted by Gasteiger charge is 2.06. The number of ether oxygens (including phenoxy) is 3. The number of nitrogens with zero attached hydrogens (tertiary/aromatic N) is 1. The molecule has 0 aliphatic heterocycles. The summed E-state index contributed by atoms with van der Waals surface area (Å²) in [4.78, 5) is 2.06. The normalized spacial score (nSPS) is 10.1. The van der Waals surface area contributed by atoms with E-state index in [1.165, 1.54) is 0 Å². The highest BCUT2D eigenvalue weighted by atomic mass is 32.1. The largest absolute Gasteiger partial charge is 0.477 e. The van der Waals surface area contributed by atoms with Crippen molar-refractivity contribution in [2.75, 3.05) is 39.5 Å². The Kier molecular flexibility index (Phi) is 12.9. The van der Waals surface area contributed by atoms with Crippen LogP contribution < -0.4 is 0 Å². The zero-order chi connectivity index (χ0) is 14.7. The minimum Gasteiger partial charge on any atom is -0.477 e. The van der Waals surface area contributed by atoms with E-state index in [1.807, 2.05) is 0 Å². The topological polar surface area (TPSA) is 30.9 Å². The Morgan fingerprint density at radius 2 is 0.947 bits per heavy atom. The standard InChI is InChI=1S/C9H15NO3S6/c14-7(15)11-4-1-10(2-5-12-8(16)17)3-6-13-9(18)19/h1-6H2,(H,14,15)(H,16,17)(H,18,19). The highest BCUT2D eigenvalue weighted by molar-refractivity contribution is 8.11. The van der Waals surface area contributed by atoms with Crippen molar-refractivity contribution >= 4 is 87.7 Å². The molecule has 0 fully saturated rings. The zero-order valence-corrected chi connectivity index (χ0v) is 15.1. The lowest BCUT2D eigenvalue weighted by atomic mass is 10.4. The Morgan fingerprint density at radius 1 is 0.684 bits per heavy atom. The molecule has 0 saturated carbocycles. The van der Waals surface area contributed by atoms with Crippen molar-refractivity contribution in [2.24, 2.45) is 0 Å². The van der Waals surface area contributed by atoms with Gasteiger partial charge in [0, 0.05) is 19.6 Å².